The Morgan fingerprint density at radius 2 is 1.72 bits per heavy atom. The van der Waals surface area contributed by atoms with Gasteiger partial charge in [0.15, 0.2) is 29.1 Å². The monoisotopic (exact) mass is 1140 g/mol. The number of amides is 2. The summed E-state index contributed by atoms with van der Waals surface area (Å²) in [6.07, 6.45) is -9.00. The standard InChI is InChI=1S/C41H59N8O22P3S/c1-21(66-40-26(50)15-27(22(2)67-40)69-39(56)24-16-45-25-8-6-5-7-23(24)25)9-10-30(52)75-14-13-43-29(51)11-12-44-37(55)34(54)41(3,4)18-65-74(62,63)71-73(60,61)64-17-28-33(70-72(57,58)59)32(53)38(68-28)49-20-48-31-35(42)46-19-47-36(31)49/h5-8,16,19-22,26-28,32-34,38,40,45,50,53-54H,9-15,17-18H2,1-4H3,(H,43,51)(H,44,55)(H,60,61)(H,62,63)(H2,42,46,47)(H2,57,58,59)/t21-,22+,26-,27-,28-,32-,33-,34+,38-,40-/m1/s1. The van der Waals surface area contributed by atoms with Crippen molar-refractivity contribution in [2.45, 2.75) is 115 Å². The van der Waals surface area contributed by atoms with E-state index in [4.69, 9.17) is 33.7 Å². The smallest absolute Gasteiger partial charge is 0.456 e. The van der Waals surface area contributed by atoms with Crippen molar-refractivity contribution in [3.05, 3.63) is 48.7 Å². The van der Waals surface area contributed by atoms with Gasteiger partial charge in [-0.1, -0.05) is 43.8 Å². The van der Waals surface area contributed by atoms with Gasteiger partial charge in [-0.15, -0.1) is 0 Å². The third-order valence-corrected chi connectivity index (χ3v) is 15.6. The van der Waals surface area contributed by atoms with Crippen LogP contribution in [0.25, 0.3) is 22.1 Å². The second-order valence-electron chi connectivity index (χ2n) is 18.0. The number of nitrogens with two attached hydrogens (primary N) is 1. The van der Waals surface area contributed by atoms with Crippen LogP contribution in [0.5, 0.6) is 0 Å². The molecule has 5 heterocycles. The van der Waals surface area contributed by atoms with Gasteiger partial charge < -0.3 is 75.2 Å². The summed E-state index contributed by atoms with van der Waals surface area (Å²) >= 11 is 0.978. The maximum Gasteiger partial charge on any atom is 0.481 e. The van der Waals surface area contributed by atoms with Gasteiger partial charge in [0, 0.05) is 60.6 Å². The Hall–Kier alpha value is -4.33. The van der Waals surface area contributed by atoms with Crippen molar-refractivity contribution in [1.29, 1.82) is 0 Å². The molecule has 2 amide bonds. The predicted octanol–water partition coefficient (Wildman–Crippen LogP) is 1.05. The topological polar surface area (TPSA) is 444 Å². The van der Waals surface area contributed by atoms with E-state index < -0.39 is 121 Å². The minimum Gasteiger partial charge on any atom is -0.456 e. The van der Waals surface area contributed by atoms with Crippen LogP contribution in [0.2, 0.25) is 0 Å². The summed E-state index contributed by atoms with van der Waals surface area (Å²) in [5, 5.41) is 37.8. The fourth-order valence-electron chi connectivity index (χ4n) is 7.62. The maximum atomic E-state index is 12.9. The van der Waals surface area contributed by atoms with E-state index in [9.17, 15) is 67.8 Å². The van der Waals surface area contributed by atoms with E-state index in [-0.39, 0.29) is 60.2 Å². The molecule has 12 atom stereocenters. The molecule has 0 radical (unpaired) electrons. The highest BCUT2D eigenvalue weighted by molar-refractivity contribution is 8.13. The molecule has 2 aliphatic rings. The van der Waals surface area contributed by atoms with Crippen LogP contribution in [0.15, 0.2) is 43.1 Å². The summed E-state index contributed by atoms with van der Waals surface area (Å²) < 4.78 is 79.9. The van der Waals surface area contributed by atoms with Crippen molar-refractivity contribution < 1.29 is 105 Å². The van der Waals surface area contributed by atoms with Gasteiger partial charge in [0.1, 0.15) is 48.5 Å². The van der Waals surface area contributed by atoms with Gasteiger partial charge >= 0.3 is 29.4 Å². The van der Waals surface area contributed by atoms with E-state index >= 15 is 0 Å². The number of phosphoric acid groups is 3. The number of phosphoric ester groups is 3. The van der Waals surface area contributed by atoms with Crippen molar-refractivity contribution in [3.8, 4) is 0 Å². The molecule has 0 spiro atoms. The number of aromatic amines is 1. The lowest BCUT2D eigenvalue weighted by Gasteiger charge is -2.38. The van der Waals surface area contributed by atoms with Gasteiger partial charge in [-0.2, -0.15) is 4.31 Å². The number of aromatic nitrogens is 5. The van der Waals surface area contributed by atoms with E-state index in [0.717, 1.165) is 34.5 Å². The second kappa shape index (κ2) is 25.4. The van der Waals surface area contributed by atoms with Crippen LogP contribution in [-0.4, -0.2) is 169 Å². The van der Waals surface area contributed by atoms with Gasteiger partial charge in [-0.05, 0) is 26.3 Å². The van der Waals surface area contributed by atoms with E-state index in [0.29, 0.717) is 17.4 Å². The Labute approximate surface area is 431 Å². The largest absolute Gasteiger partial charge is 0.481 e. The van der Waals surface area contributed by atoms with Gasteiger partial charge in [-0.3, -0.25) is 32.5 Å². The number of fused-ring (bicyclic) bond motifs is 2. The minimum absolute atomic E-state index is 0.0166. The molecule has 1 aromatic carbocycles. The molecular formula is C41H59N8O22P3S. The second-order valence-corrected chi connectivity index (χ2v) is 23.4. The average Bonchev–Trinajstić information content (AvgIpc) is 4.05. The zero-order chi connectivity index (χ0) is 55.0. The summed E-state index contributed by atoms with van der Waals surface area (Å²) in [5.41, 5.74) is 5.35. The van der Waals surface area contributed by atoms with E-state index in [1.165, 1.54) is 13.8 Å². The summed E-state index contributed by atoms with van der Waals surface area (Å²) in [7, 11) is -16.5. The van der Waals surface area contributed by atoms with Crippen molar-refractivity contribution in [1.82, 2.24) is 35.1 Å². The minimum atomic E-state index is -5.61. The van der Waals surface area contributed by atoms with Gasteiger partial charge in [0.2, 0.25) is 11.8 Å². The zero-order valence-corrected chi connectivity index (χ0v) is 44.0. The Balaban J connectivity index is 0.838. The number of hydrogen-bond acceptors (Lipinski definition) is 23. The first-order chi connectivity index (χ1) is 35.1. The van der Waals surface area contributed by atoms with Crippen molar-refractivity contribution >= 4 is 86.0 Å². The molecule has 416 valence electrons. The van der Waals surface area contributed by atoms with Crippen LogP contribution in [0.3, 0.4) is 0 Å². The first kappa shape index (κ1) is 59.9. The number of rotatable bonds is 26. The molecule has 0 saturated carbocycles. The number of imidazole rings is 1. The first-order valence-corrected chi connectivity index (χ1v) is 28.4. The van der Waals surface area contributed by atoms with E-state index in [2.05, 4.69) is 39.4 Å². The third-order valence-electron chi connectivity index (χ3n) is 11.6. The number of ether oxygens (including phenoxy) is 4. The zero-order valence-electron chi connectivity index (χ0n) is 40.5. The number of thioether (sulfide) groups is 1. The molecular weight excluding hydrogens is 1080 g/mol. The highest BCUT2D eigenvalue weighted by Crippen LogP contribution is 2.61. The third kappa shape index (κ3) is 16.6. The number of nitrogens with zero attached hydrogens (tertiary/aromatic N) is 4. The molecule has 2 unspecified atom stereocenters. The fourth-order valence-corrected chi connectivity index (χ4v) is 11.1. The number of aliphatic hydroxyl groups is 3. The highest BCUT2D eigenvalue weighted by atomic mass is 32.2. The van der Waals surface area contributed by atoms with Gasteiger partial charge in [0.25, 0.3) is 0 Å². The molecule has 30 nitrogen and oxygen atoms in total. The lowest BCUT2D eigenvalue weighted by atomic mass is 9.87. The molecule has 2 aliphatic heterocycles. The number of nitrogen functional groups attached to an aromatic ring is 1. The number of carbonyl (C=O) groups excluding carboxylic acids is 4. The summed E-state index contributed by atoms with van der Waals surface area (Å²) in [5.74, 6) is -1.90. The molecule has 0 bridgehead atoms. The number of esters is 1. The number of H-pyrrole nitrogens is 1. The summed E-state index contributed by atoms with van der Waals surface area (Å²) in [6.45, 7) is 3.66. The first-order valence-electron chi connectivity index (χ1n) is 22.9. The molecule has 34 heteroatoms. The van der Waals surface area contributed by atoms with E-state index in [1.54, 1.807) is 26.1 Å². The summed E-state index contributed by atoms with van der Waals surface area (Å²) in [6, 6.07) is 7.28. The van der Waals surface area contributed by atoms with Gasteiger partial charge in [-0.25, -0.2) is 33.4 Å². The molecule has 0 aliphatic carbocycles. The highest BCUT2D eigenvalue weighted by Gasteiger charge is 2.50. The number of para-hydroxylation sites is 1. The quantitative estimate of drug-likeness (QED) is 0.0238. The number of anilines is 1. The molecule has 2 saturated heterocycles. The summed E-state index contributed by atoms with van der Waals surface area (Å²) in [4.78, 5) is 105. The number of hydrogen-bond donors (Lipinski definition) is 11. The van der Waals surface area contributed by atoms with Crippen LogP contribution in [0, 0.1) is 5.41 Å². The molecule has 3 aromatic heterocycles. The molecule has 75 heavy (non-hydrogen) atoms. The van der Waals surface area contributed by atoms with E-state index in [1.807, 2.05) is 18.2 Å². The Kier molecular flexibility index (Phi) is 20.3. The lowest BCUT2D eigenvalue weighted by Crippen LogP contribution is -2.49. The SMILES string of the molecule is C[C@H](CCC(=O)SCCNC(=O)CCNC(=O)[C@H](O)C(C)(C)COP(=O)(O)OP(=O)(O)OC[C@H]1O[C@@H](n2cnc3c(N)ncnc32)[C@H](O)[C@@H]1OP(=O)(O)O)O[C@@H]1O[C@@H](C)[C@H](OC(=O)c2c[nH]c3ccccc23)C[C@H]1O. The van der Waals surface area contributed by atoms with Crippen LogP contribution < -0.4 is 16.4 Å². The number of benzene rings is 1. The fraction of sp³-hybridized carbons (Fsp3) is 0.585. The Bertz CT molecular complexity index is 2800. The van der Waals surface area contributed by atoms with Crippen molar-refractivity contribution in [3.63, 3.8) is 0 Å². The van der Waals surface area contributed by atoms with Crippen LogP contribution in [0.1, 0.15) is 70.0 Å². The molecule has 4 aromatic rings. The van der Waals surface area contributed by atoms with Crippen LogP contribution in [0.4, 0.5) is 5.82 Å². The molecule has 12 N–H and O–H groups in total. The van der Waals surface area contributed by atoms with Crippen LogP contribution >= 0.6 is 35.2 Å². The van der Waals surface area contributed by atoms with Gasteiger partial charge in [0.05, 0.1) is 37.3 Å². The molecule has 6 rings (SSSR count). The van der Waals surface area contributed by atoms with Crippen molar-refractivity contribution in [2.75, 3.05) is 37.8 Å². The normalized spacial score (nSPS) is 24.8. The average molecular weight is 1140 g/mol. The Morgan fingerprint density at radius 1 is 1.00 bits per heavy atom. The Morgan fingerprint density at radius 3 is 2.45 bits per heavy atom. The predicted molar refractivity (Wildman–Crippen MR) is 259 cm³/mol. The maximum absolute atomic E-state index is 12.9. The van der Waals surface area contributed by atoms with Crippen molar-refractivity contribution in [2.24, 2.45) is 5.41 Å². The number of nitrogens with one attached hydrogen (secondary N) is 3. The number of aliphatic hydroxyl groups excluding tert-OH is 3. The van der Waals surface area contributed by atoms with Crippen LogP contribution in [-0.2, 0) is 64.9 Å². The molecule has 2 fully saturated rings. The lowest BCUT2D eigenvalue weighted by molar-refractivity contribution is -0.273. The number of carbonyl (C=O) groups is 4.